The van der Waals surface area contributed by atoms with Crippen molar-refractivity contribution in [2.24, 2.45) is 5.92 Å². The lowest BCUT2D eigenvalue weighted by Gasteiger charge is -2.35. The second-order valence-corrected chi connectivity index (χ2v) is 18.4. The van der Waals surface area contributed by atoms with Gasteiger partial charge in [-0.2, -0.15) is 0 Å². The molecule has 3 heterocycles. The highest BCUT2D eigenvalue weighted by Crippen LogP contribution is 2.30. The van der Waals surface area contributed by atoms with Gasteiger partial charge in [-0.15, -0.1) is 0 Å². The summed E-state index contributed by atoms with van der Waals surface area (Å²) in [5, 5.41) is 21.9. The molecule has 5 amide bonds. The summed E-state index contributed by atoms with van der Waals surface area (Å²) in [5.41, 5.74) is 0.393. The first-order chi connectivity index (χ1) is 28.0. The molecule has 2 aromatic rings. The number of hydrogen-bond donors (Lipinski definition) is 6. The number of carbonyl (C=O) groups excluding carboxylic acids is 6. The largest absolute Gasteiger partial charge is 0.458 e. The zero-order chi connectivity index (χ0) is 42.9. The molecule has 322 valence electrons. The molecular weight excluding hydrogens is 781 g/mol. The Balaban J connectivity index is 1.32. The van der Waals surface area contributed by atoms with Gasteiger partial charge in [-0.05, 0) is 82.1 Å². The summed E-state index contributed by atoms with van der Waals surface area (Å²) < 4.78 is 35.2. The molecule has 1 aliphatic carbocycles. The van der Waals surface area contributed by atoms with Crippen LogP contribution in [0.3, 0.4) is 0 Å². The Morgan fingerprint density at radius 1 is 0.949 bits per heavy atom. The lowest BCUT2D eigenvalue weighted by molar-refractivity contribution is -0.158. The fraction of sp³-hybridized carbons (Fsp3) is 0.571. The summed E-state index contributed by atoms with van der Waals surface area (Å²) in [6.07, 6.45) is 3.18. The third kappa shape index (κ3) is 12.3. The molecule has 16 nitrogen and oxygen atoms in total. The zero-order valence-electron chi connectivity index (χ0n) is 34.2. The predicted molar refractivity (Wildman–Crippen MR) is 217 cm³/mol. The fourth-order valence-electron chi connectivity index (χ4n) is 7.92. The molecule has 1 saturated heterocycles. The van der Waals surface area contributed by atoms with Crippen LogP contribution in [0.15, 0.2) is 59.5 Å². The van der Waals surface area contributed by atoms with Gasteiger partial charge >= 0.3 is 5.97 Å². The minimum absolute atomic E-state index is 0.00214. The maximum Gasteiger partial charge on any atom is 0.333 e. The Morgan fingerprint density at radius 2 is 1.63 bits per heavy atom. The number of fused-ring (bicyclic) bond motifs is 8. The summed E-state index contributed by atoms with van der Waals surface area (Å²) in [6, 6.07) is 9.29. The van der Waals surface area contributed by atoms with E-state index in [4.69, 9.17) is 4.74 Å². The number of aliphatic hydroxyl groups excluding tert-OH is 1. The average Bonchev–Trinajstić information content (AvgIpc) is 3.62. The molecule has 0 radical (unpaired) electrons. The SMILES string of the molecule is CCCC(NC(=O)C1C[C@@H]2CN1C(=O)C(C1CCCCC1)NC(=O)CCc1ccc(cc1)S(=O)(=O)N2)C(O)C(=O)NCC(=O)N[C@H](C(=O)OC(C)(C)C)c1ccccc1. The van der Waals surface area contributed by atoms with E-state index < -0.39 is 88.1 Å². The monoisotopic (exact) mass is 838 g/mol. The molecule has 17 heteroatoms. The number of nitrogens with zero attached hydrogens (tertiary/aromatic N) is 1. The van der Waals surface area contributed by atoms with Crippen LogP contribution in [0.1, 0.15) is 103 Å². The second-order valence-electron chi connectivity index (χ2n) is 16.7. The number of benzene rings is 2. The minimum Gasteiger partial charge on any atom is -0.458 e. The molecular formula is C42H58N6O10S. The second kappa shape index (κ2) is 19.9. The van der Waals surface area contributed by atoms with Crippen molar-refractivity contribution >= 4 is 45.5 Å². The highest BCUT2D eigenvalue weighted by molar-refractivity contribution is 7.89. The average molecular weight is 839 g/mol. The van der Waals surface area contributed by atoms with Crippen molar-refractivity contribution < 1.29 is 47.0 Å². The van der Waals surface area contributed by atoms with Gasteiger partial charge in [0.2, 0.25) is 33.7 Å². The number of ether oxygens (including phenoxy) is 1. The zero-order valence-corrected chi connectivity index (χ0v) is 35.0. The van der Waals surface area contributed by atoms with E-state index in [1.165, 1.54) is 17.0 Å². The van der Waals surface area contributed by atoms with Crippen LogP contribution in [0.25, 0.3) is 0 Å². The lowest BCUT2D eigenvalue weighted by Crippen LogP contribution is -2.58. The maximum absolute atomic E-state index is 14.5. The third-order valence-corrected chi connectivity index (χ3v) is 12.4. The van der Waals surface area contributed by atoms with Crippen LogP contribution in [0.5, 0.6) is 0 Å². The van der Waals surface area contributed by atoms with Crippen LogP contribution in [-0.4, -0.2) is 103 Å². The Bertz CT molecular complexity index is 1930. The Hall–Kier alpha value is -4.87. The molecule has 6 atom stereocenters. The number of esters is 1. The number of aliphatic hydroxyl groups is 1. The van der Waals surface area contributed by atoms with Gasteiger partial charge in [0.15, 0.2) is 12.1 Å². The quantitative estimate of drug-likeness (QED) is 0.170. The van der Waals surface area contributed by atoms with Gasteiger partial charge in [0.1, 0.15) is 17.7 Å². The molecule has 6 N–H and O–H groups in total. The van der Waals surface area contributed by atoms with Crippen molar-refractivity contribution in [2.75, 3.05) is 13.1 Å². The summed E-state index contributed by atoms with van der Waals surface area (Å²) >= 11 is 0. The molecule has 2 aromatic carbocycles. The Kier molecular flexibility index (Phi) is 15.3. The number of nitrogens with one attached hydrogen (secondary N) is 5. The highest BCUT2D eigenvalue weighted by atomic mass is 32.2. The third-order valence-electron chi connectivity index (χ3n) is 10.9. The molecule has 4 aliphatic rings. The van der Waals surface area contributed by atoms with E-state index in [0.29, 0.717) is 31.2 Å². The Labute approximate surface area is 346 Å². The first kappa shape index (κ1) is 45.2. The van der Waals surface area contributed by atoms with Gasteiger partial charge < -0.3 is 36.0 Å². The van der Waals surface area contributed by atoms with Crippen molar-refractivity contribution in [1.29, 1.82) is 0 Å². The minimum atomic E-state index is -4.07. The summed E-state index contributed by atoms with van der Waals surface area (Å²) in [7, 11) is -4.07. The number of amides is 5. The molecule has 3 aliphatic heterocycles. The van der Waals surface area contributed by atoms with E-state index >= 15 is 0 Å². The van der Waals surface area contributed by atoms with Crippen LogP contribution in [0.4, 0.5) is 0 Å². The van der Waals surface area contributed by atoms with Crippen LogP contribution in [0, 0.1) is 5.92 Å². The van der Waals surface area contributed by atoms with E-state index in [1.807, 2.05) is 0 Å². The van der Waals surface area contributed by atoms with Gasteiger partial charge in [0, 0.05) is 19.0 Å². The summed E-state index contributed by atoms with van der Waals surface area (Å²) in [6.45, 7) is 6.10. The number of carbonyl (C=O) groups is 6. The molecule has 1 saturated carbocycles. The number of rotatable bonds is 12. The van der Waals surface area contributed by atoms with Crippen LogP contribution in [-0.2, 0) is 49.9 Å². The molecule has 0 aromatic heterocycles. The first-order valence-electron chi connectivity index (χ1n) is 20.5. The molecule has 59 heavy (non-hydrogen) atoms. The van der Waals surface area contributed by atoms with Crippen LogP contribution < -0.4 is 26.0 Å². The van der Waals surface area contributed by atoms with E-state index in [9.17, 15) is 42.3 Å². The van der Waals surface area contributed by atoms with Crippen molar-refractivity contribution in [3.63, 3.8) is 0 Å². The van der Waals surface area contributed by atoms with E-state index in [0.717, 1.165) is 24.8 Å². The Morgan fingerprint density at radius 3 is 2.27 bits per heavy atom. The van der Waals surface area contributed by atoms with E-state index in [-0.39, 0.29) is 42.5 Å². The summed E-state index contributed by atoms with van der Waals surface area (Å²) in [4.78, 5) is 82.7. The number of sulfonamides is 1. The van der Waals surface area contributed by atoms with Gasteiger partial charge in [-0.1, -0.05) is 75.1 Å². The first-order valence-corrected chi connectivity index (χ1v) is 22.0. The van der Waals surface area contributed by atoms with Crippen molar-refractivity contribution in [3.05, 3.63) is 65.7 Å². The normalized spacial score (nSPS) is 22.8. The maximum atomic E-state index is 14.5. The van der Waals surface area contributed by atoms with Gasteiger partial charge in [0.05, 0.1) is 17.5 Å². The molecule has 4 unspecified atom stereocenters. The summed E-state index contributed by atoms with van der Waals surface area (Å²) in [5.74, 6) is -4.15. The topological polar surface area (TPSA) is 229 Å². The standard InChI is InChI=1S/C42H58N6O10S/c1-5-12-31(37(51)39(53)43-24-34(50)46-36(28-15-10-7-11-16-28)41(55)58-42(2,3)4)44-38(52)32-23-29-25-48(32)40(54)35(27-13-8-6-9-14-27)45-33(49)22-19-26-17-20-30(21-18-26)59(56,57)47-29/h7,10-11,15-18,20-21,27,29,31-32,35-37,47,51H,5-6,8-9,12-14,19,22-25H2,1-4H3,(H,43,53)(H,44,52)(H,45,49)(H,46,50)/t29-,31?,32?,35?,36+,37?/m1/s1. The van der Waals surface area contributed by atoms with Crippen molar-refractivity contribution in [3.8, 4) is 0 Å². The molecule has 6 rings (SSSR count). The highest BCUT2D eigenvalue weighted by Gasteiger charge is 2.46. The molecule has 4 bridgehead atoms. The lowest BCUT2D eigenvalue weighted by atomic mass is 9.83. The molecule has 2 fully saturated rings. The van der Waals surface area contributed by atoms with Gasteiger partial charge in [-0.3, -0.25) is 24.0 Å². The van der Waals surface area contributed by atoms with Crippen molar-refractivity contribution in [1.82, 2.24) is 30.9 Å². The molecule has 0 spiro atoms. The van der Waals surface area contributed by atoms with Gasteiger partial charge in [0.25, 0.3) is 5.91 Å². The number of hydrogen-bond acceptors (Lipinski definition) is 10. The van der Waals surface area contributed by atoms with E-state index in [1.54, 1.807) is 70.2 Å². The van der Waals surface area contributed by atoms with E-state index in [2.05, 4.69) is 26.0 Å². The van der Waals surface area contributed by atoms with Crippen LogP contribution in [0.2, 0.25) is 0 Å². The van der Waals surface area contributed by atoms with Crippen LogP contribution >= 0.6 is 0 Å². The van der Waals surface area contributed by atoms with Crippen molar-refractivity contribution in [2.45, 2.75) is 139 Å². The fourth-order valence-corrected chi connectivity index (χ4v) is 9.16. The van der Waals surface area contributed by atoms with Gasteiger partial charge in [-0.25, -0.2) is 17.9 Å². The smallest absolute Gasteiger partial charge is 0.333 e. The predicted octanol–water partition coefficient (Wildman–Crippen LogP) is 1.91. The number of aryl methyl sites for hydroxylation is 1.